The molecule has 0 rings (SSSR count). The predicted molar refractivity (Wildman–Crippen MR) is 55.2 cm³/mol. The average molecular weight is 203 g/mol. The Balaban J connectivity index is 3.94. The third kappa shape index (κ3) is 5.19. The van der Waals surface area contributed by atoms with Crippen LogP contribution in [0.3, 0.4) is 0 Å². The Labute approximate surface area is 86.2 Å². The van der Waals surface area contributed by atoms with Crippen LogP contribution in [0.1, 0.15) is 20.8 Å². The first-order valence-electron chi connectivity index (χ1n) is 5.04. The van der Waals surface area contributed by atoms with Crippen molar-refractivity contribution in [2.75, 3.05) is 33.4 Å². The highest BCUT2D eigenvalue weighted by Crippen LogP contribution is 1.99. The first-order chi connectivity index (χ1) is 6.65. The van der Waals surface area contributed by atoms with Crippen LogP contribution in [0.2, 0.25) is 0 Å². The van der Waals surface area contributed by atoms with Crippen molar-refractivity contribution in [2.24, 2.45) is 0 Å². The predicted octanol–water partition coefficient (Wildman–Crippen LogP) is 0.906. The SMILES string of the molecule is CCOC(=O)CN(CC)C(C)COC. The Bertz CT molecular complexity index is 161. The van der Waals surface area contributed by atoms with Crippen molar-refractivity contribution >= 4 is 5.97 Å². The lowest BCUT2D eigenvalue weighted by molar-refractivity contribution is -0.145. The highest BCUT2D eigenvalue weighted by molar-refractivity contribution is 5.71. The summed E-state index contributed by atoms with van der Waals surface area (Å²) in [4.78, 5) is 13.2. The Hall–Kier alpha value is -0.610. The highest BCUT2D eigenvalue weighted by atomic mass is 16.5. The van der Waals surface area contributed by atoms with Gasteiger partial charge in [-0.15, -0.1) is 0 Å². The van der Waals surface area contributed by atoms with Crippen LogP contribution in [0.25, 0.3) is 0 Å². The van der Waals surface area contributed by atoms with Crippen LogP contribution < -0.4 is 0 Å². The molecule has 0 N–H and O–H groups in total. The van der Waals surface area contributed by atoms with Gasteiger partial charge in [0.05, 0.1) is 19.8 Å². The minimum Gasteiger partial charge on any atom is -0.465 e. The summed E-state index contributed by atoms with van der Waals surface area (Å²) in [5, 5.41) is 0. The molecular weight excluding hydrogens is 182 g/mol. The Morgan fingerprint density at radius 2 is 2.07 bits per heavy atom. The summed E-state index contributed by atoms with van der Waals surface area (Å²) in [6.45, 7) is 8.10. The average Bonchev–Trinajstić information content (AvgIpc) is 2.15. The Morgan fingerprint density at radius 3 is 2.50 bits per heavy atom. The normalized spacial score (nSPS) is 12.9. The number of likely N-dealkylation sites (N-methyl/N-ethyl adjacent to an activating group) is 1. The van der Waals surface area contributed by atoms with Crippen molar-refractivity contribution < 1.29 is 14.3 Å². The monoisotopic (exact) mass is 203 g/mol. The van der Waals surface area contributed by atoms with E-state index in [1.807, 2.05) is 25.7 Å². The lowest BCUT2D eigenvalue weighted by Crippen LogP contribution is -2.40. The molecule has 0 aliphatic heterocycles. The summed E-state index contributed by atoms with van der Waals surface area (Å²) < 4.78 is 9.92. The van der Waals surface area contributed by atoms with Gasteiger partial charge in [-0.3, -0.25) is 9.69 Å². The number of hydrogen-bond acceptors (Lipinski definition) is 4. The largest absolute Gasteiger partial charge is 0.465 e. The molecule has 14 heavy (non-hydrogen) atoms. The maximum absolute atomic E-state index is 11.2. The van der Waals surface area contributed by atoms with Gasteiger partial charge in [-0.05, 0) is 20.4 Å². The number of carbonyl (C=O) groups excluding carboxylic acids is 1. The molecule has 0 radical (unpaired) electrons. The maximum atomic E-state index is 11.2. The van der Waals surface area contributed by atoms with E-state index in [9.17, 15) is 4.79 Å². The van der Waals surface area contributed by atoms with E-state index in [1.165, 1.54) is 0 Å². The fourth-order valence-corrected chi connectivity index (χ4v) is 1.30. The van der Waals surface area contributed by atoms with Gasteiger partial charge in [-0.2, -0.15) is 0 Å². The minimum atomic E-state index is -0.169. The molecule has 0 bridgehead atoms. The van der Waals surface area contributed by atoms with E-state index in [4.69, 9.17) is 9.47 Å². The molecule has 0 amide bonds. The van der Waals surface area contributed by atoms with E-state index >= 15 is 0 Å². The van der Waals surface area contributed by atoms with Gasteiger partial charge in [-0.25, -0.2) is 0 Å². The number of nitrogens with zero attached hydrogens (tertiary/aromatic N) is 1. The zero-order chi connectivity index (χ0) is 11.0. The van der Waals surface area contributed by atoms with E-state index < -0.39 is 0 Å². The number of methoxy groups -OCH3 is 1. The lowest BCUT2D eigenvalue weighted by Gasteiger charge is -2.25. The zero-order valence-electron chi connectivity index (χ0n) is 9.58. The van der Waals surface area contributed by atoms with Gasteiger partial charge in [0.25, 0.3) is 0 Å². The second-order valence-corrected chi connectivity index (χ2v) is 3.17. The molecule has 4 nitrogen and oxygen atoms in total. The highest BCUT2D eigenvalue weighted by Gasteiger charge is 2.15. The van der Waals surface area contributed by atoms with Gasteiger partial charge in [0.2, 0.25) is 0 Å². The van der Waals surface area contributed by atoms with Gasteiger partial charge >= 0.3 is 5.97 Å². The molecule has 0 aliphatic rings. The summed E-state index contributed by atoms with van der Waals surface area (Å²) in [7, 11) is 1.66. The van der Waals surface area contributed by atoms with E-state index in [-0.39, 0.29) is 12.0 Å². The van der Waals surface area contributed by atoms with Gasteiger partial charge in [0.1, 0.15) is 0 Å². The number of ether oxygens (including phenoxy) is 2. The van der Waals surface area contributed by atoms with Gasteiger partial charge in [-0.1, -0.05) is 6.92 Å². The molecule has 4 heteroatoms. The van der Waals surface area contributed by atoms with Crippen LogP contribution in [0.15, 0.2) is 0 Å². The molecule has 0 aromatic carbocycles. The molecular formula is C10H21NO3. The standard InChI is InChI=1S/C10H21NO3/c1-5-11(9(3)8-13-4)7-10(12)14-6-2/h9H,5-8H2,1-4H3. The zero-order valence-corrected chi connectivity index (χ0v) is 9.58. The fraction of sp³-hybridized carbons (Fsp3) is 0.900. The molecule has 0 aliphatic carbocycles. The number of rotatable bonds is 7. The maximum Gasteiger partial charge on any atom is 0.320 e. The molecule has 0 aromatic heterocycles. The number of esters is 1. The van der Waals surface area contributed by atoms with Crippen molar-refractivity contribution in [3.63, 3.8) is 0 Å². The van der Waals surface area contributed by atoms with Crippen molar-refractivity contribution in [1.82, 2.24) is 4.90 Å². The molecule has 0 fully saturated rings. The van der Waals surface area contributed by atoms with Crippen molar-refractivity contribution in [1.29, 1.82) is 0 Å². The summed E-state index contributed by atoms with van der Waals surface area (Å²) in [5.74, 6) is -0.169. The van der Waals surface area contributed by atoms with Crippen LogP contribution in [0.4, 0.5) is 0 Å². The Kier molecular flexibility index (Phi) is 7.42. The Morgan fingerprint density at radius 1 is 1.43 bits per heavy atom. The first-order valence-corrected chi connectivity index (χ1v) is 5.04. The van der Waals surface area contributed by atoms with Gasteiger partial charge < -0.3 is 9.47 Å². The van der Waals surface area contributed by atoms with E-state index in [0.29, 0.717) is 19.8 Å². The van der Waals surface area contributed by atoms with Crippen molar-refractivity contribution in [3.05, 3.63) is 0 Å². The molecule has 0 saturated heterocycles. The van der Waals surface area contributed by atoms with Crippen molar-refractivity contribution in [3.8, 4) is 0 Å². The summed E-state index contributed by atoms with van der Waals surface area (Å²) in [5.41, 5.74) is 0. The number of carbonyl (C=O) groups is 1. The molecule has 0 spiro atoms. The molecule has 0 heterocycles. The van der Waals surface area contributed by atoms with Crippen LogP contribution in [0.5, 0.6) is 0 Å². The third-order valence-corrected chi connectivity index (χ3v) is 2.07. The lowest BCUT2D eigenvalue weighted by atomic mass is 10.3. The molecule has 84 valence electrons. The third-order valence-electron chi connectivity index (χ3n) is 2.07. The van der Waals surface area contributed by atoms with Crippen LogP contribution in [-0.2, 0) is 14.3 Å². The van der Waals surface area contributed by atoms with Gasteiger partial charge in [0, 0.05) is 13.2 Å². The molecule has 0 saturated carbocycles. The molecule has 0 aromatic rings. The van der Waals surface area contributed by atoms with Gasteiger partial charge in [0.15, 0.2) is 0 Å². The quantitative estimate of drug-likeness (QED) is 0.576. The van der Waals surface area contributed by atoms with Crippen LogP contribution >= 0.6 is 0 Å². The van der Waals surface area contributed by atoms with Crippen LogP contribution in [0, 0.1) is 0 Å². The fourth-order valence-electron chi connectivity index (χ4n) is 1.30. The second kappa shape index (κ2) is 7.76. The first kappa shape index (κ1) is 13.4. The summed E-state index contributed by atoms with van der Waals surface area (Å²) in [6, 6.07) is 0.245. The second-order valence-electron chi connectivity index (χ2n) is 3.17. The number of hydrogen-bond donors (Lipinski definition) is 0. The minimum absolute atomic E-state index is 0.169. The summed E-state index contributed by atoms with van der Waals surface area (Å²) in [6.07, 6.45) is 0. The topological polar surface area (TPSA) is 38.8 Å². The van der Waals surface area contributed by atoms with E-state index in [0.717, 1.165) is 6.54 Å². The smallest absolute Gasteiger partial charge is 0.320 e. The van der Waals surface area contributed by atoms with Crippen molar-refractivity contribution in [2.45, 2.75) is 26.8 Å². The van der Waals surface area contributed by atoms with E-state index in [2.05, 4.69) is 0 Å². The molecule has 1 unspecified atom stereocenters. The summed E-state index contributed by atoms with van der Waals surface area (Å²) >= 11 is 0. The molecule has 1 atom stereocenters. The van der Waals surface area contributed by atoms with Crippen LogP contribution in [-0.4, -0.2) is 50.3 Å². The van der Waals surface area contributed by atoms with E-state index in [1.54, 1.807) is 7.11 Å².